The number of oxime groups is 1. The number of hydrogen-bond acceptors (Lipinski definition) is 5. The van der Waals surface area contributed by atoms with Crippen LogP contribution in [0.25, 0.3) is 0 Å². The maximum Gasteiger partial charge on any atom is 0.163 e. The molecule has 0 aliphatic carbocycles. The van der Waals surface area contributed by atoms with E-state index in [1.54, 1.807) is 0 Å². The Balaban J connectivity index is 1.83. The van der Waals surface area contributed by atoms with Crippen molar-refractivity contribution >= 4 is 11.5 Å². The van der Waals surface area contributed by atoms with Crippen molar-refractivity contribution < 1.29 is 14.7 Å². The van der Waals surface area contributed by atoms with Gasteiger partial charge in [0.15, 0.2) is 11.5 Å². The number of nitrogens with one attached hydrogen (secondary N) is 1. The lowest BCUT2D eigenvalue weighted by molar-refractivity contribution is 0.171. The first kappa shape index (κ1) is 12.3. The SMILES string of the molecule is NC(CCCNc1ccc2c(c1)OCCO2)=NO. The highest BCUT2D eigenvalue weighted by atomic mass is 16.6. The molecule has 0 saturated heterocycles. The molecule has 0 aromatic heterocycles. The average molecular weight is 251 g/mol. The van der Waals surface area contributed by atoms with Crippen LogP contribution in [0.15, 0.2) is 23.4 Å². The zero-order valence-electron chi connectivity index (χ0n) is 10.1. The van der Waals surface area contributed by atoms with Gasteiger partial charge in [-0.2, -0.15) is 0 Å². The van der Waals surface area contributed by atoms with Crippen molar-refractivity contribution in [3.8, 4) is 11.5 Å². The summed E-state index contributed by atoms with van der Waals surface area (Å²) in [6.45, 7) is 1.93. The molecule has 6 heteroatoms. The molecule has 1 aliphatic heterocycles. The summed E-state index contributed by atoms with van der Waals surface area (Å²) in [5.74, 6) is 1.80. The third-order valence-corrected chi connectivity index (χ3v) is 2.61. The molecule has 0 atom stereocenters. The molecule has 0 fully saturated rings. The maximum atomic E-state index is 8.40. The first-order valence-corrected chi connectivity index (χ1v) is 5.89. The third kappa shape index (κ3) is 3.19. The second-order valence-corrected chi connectivity index (χ2v) is 3.98. The predicted molar refractivity (Wildman–Crippen MR) is 68.6 cm³/mol. The smallest absolute Gasteiger partial charge is 0.163 e. The normalized spacial score (nSPS) is 14.3. The molecule has 1 aromatic carbocycles. The van der Waals surface area contributed by atoms with Crippen LogP contribution >= 0.6 is 0 Å². The number of ether oxygens (including phenoxy) is 2. The van der Waals surface area contributed by atoms with Crippen LogP contribution in [0, 0.1) is 0 Å². The zero-order chi connectivity index (χ0) is 12.8. The summed E-state index contributed by atoms with van der Waals surface area (Å²) in [6.07, 6.45) is 1.36. The standard InChI is InChI=1S/C12H17N3O3/c13-12(15-16)2-1-5-14-9-3-4-10-11(8-9)18-7-6-17-10/h3-4,8,14,16H,1-2,5-7H2,(H2,13,15). The Morgan fingerprint density at radius 1 is 1.33 bits per heavy atom. The van der Waals surface area contributed by atoms with Crippen molar-refractivity contribution in [3.05, 3.63) is 18.2 Å². The van der Waals surface area contributed by atoms with Gasteiger partial charge in [0.25, 0.3) is 0 Å². The number of amidine groups is 1. The minimum atomic E-state index is 0.249. The number of benzene rings is 1. The fraction of sp³-hybridized carbons (Fsp3) is 0.417. The van der Waals surface area contributed by atoms with Crippen molar-refractivity contribution in [1.29, 1.82) is 0 Å². The summed E-state index contributed by atoms with van der Waals surface area (Å²) in [4.78, 5) is 0. The Morgan fingerprint density at radius 2 is 2.11 bits per heavy atom. The molecule has 18 heavy (non-hydrogen) atoms. The number of rotatable bonds is 5. The quantitative estimate of drug-likeness (QED) is 0.242. The van der Waals surface area contributed by atoms with E-state index in [-0.39, 0.29) is 5.84 Å². The highest BCUT2D eigenvalue weighted by Gasteiger charge is 2.11. The van der Waals surface area contributed by atoms with Gasteiger partial charge in [-0.25, -0.2) is 0 Å². The third-order valence-electron chi connectivity index (χ3n) is 2.61. The van der Waals surface area contributed by atoms with Crippen LogP contribution in [0.2, 0.25) is 0 Å². The molecule has 0 spiro atoms. The van der Waals surface area contributed by atoms with E-state index < -0.39 is 0 Å². The van der Waals surface area contributed by atoms with Gasteiger partial charge in [-0.15, -0.1) is 0 Å². The van der Waals surface area contributed by atoms with Crippen molar-refractivity contribution in [1.82, 2.24) is 0 Å². The average Bonchev–Trinajstić information content (AvgIpc) is 2.43. The number of nitrogens with two attached hydrogens (primary N) is 1. The Kier molecular flexibility index (Phi) is 4.11. The van der Waals surface area contributed by atoms with E-state index in [9.17, 15) is 0 Å². The monoisotopic (exact) mass is 251 g/mol. The van der Waals surface area contributed by atoms with Crippen molar-refractivity contribution in [2.45, 2.75) is 12.8 Å². The molecular formula is C12H17N3O3. The molecule has 1 aromatic rings. The summed E-state index contributed by atoms with van der Waals surface area (Å²) < 4.78 is 10.9. The number of nitrogens with zero attached hydrogens (tertiary/aromatic N) is 1. The van der Waals surface area contributed by atoms with Crippen LogP contribution in [0.4, 0.5) is 5.69 Å². The lowest BCUT2D eigenvalue weighted by atomic mass is 10.2. The highest BCUT2D eigenvalue weighted by Crippen LogP contribution is 2.32. The van der Waals surface area contributed by atoms with Crippen LogP contribution in [-0.4, -0.2) is 30.8 Å². The molecule has 2 rings (SSSR count). The molecule has 0 bridgehead atoms. The summed E-state index contributed by atoms with van der Waals surface area (Å²) in [7, 11) is 0. The Labute approximate surface area is 105 Å². The van der Waals surface area contributed by atoms with Gasteiger partial charge in [0.05, 0.1) is 0 Å². The first-order chi connectivity index (χ1) is 8.79. The molecule has 0 saturated carbocycles. The second-order valence-electron chi connectivity index (χ2n) is 3.98. The van der Waals surface area contributed by atoms with E-state index in [2.05, 4.69) is 10.5 Å². The molecule has 1 heterocycles. The zero-order valence-corrected chi connectivity index (χ0v) is 10.1. The first-order valence-electron chi connectivity index (χ1n) is 5.89. The predicted octanol–water partition coefficient (Wildman–Crippen LogP) is 1.40. The fourth-order valence-electron chi connectivity index (χ4n) is 1.71. The van der Waals surface area contributed by atoms with Crippen LogP contribution in [0.1, 0.15) is 12.8 Å². The molecular weight excluding hydrogens is 234 g/mol. The lowest BCUT2D eigenvalue weighted by Gasteiger charge is -2.19. The van der Waals surface area contributed by atoms with Gasteiger partial charge in [-0.1, -0.05) is 5.16 Å². The van der Waals surface area contributed by atoms with Crippen LogP contribution in [0.3, 0.4) is 0 Å². The summed E-state index contributed by atoms with van der Waals surface area (Å²) in [5.41, 5.74) is 6.35. The molecule has 0 amide bonds. The summed E-state index contributed by atoms with van der Waals surface area (Å²) >= 11 is 0. The molecule has 0 unspecified atom stereocenters. The van der Waals surface area contributed by atoms with Crippen LogP contribution in [0.5, 0.6) is 11.5 Å². The lowest BCUT2D eigenvalue weighted by Crippen LogP contribution is -2.16. The minimum absolute atomic E-state index is 0.249. The maximum absolute atomic E-state index is 8.40. The largest absolute Gasteiger partial charge is 0.486 e. The molecule has 1 aliphatic rings. The van der Waals surface area contributed by atoms with Crippen molar-refractivity contribution in [2.75, 3.05) is 25.1 Å². The van der Waals surface area contributed by atoms with E-state index in [0.29, 0.717) is 19.6 Å². The van der Waals surface area contributed by atoms with Gasteiger partial charge < -0.3 is 25.7 Å². The van der Waals surface area contributed by atoms with E-state index in [4.69, 9.17) is 20.4 Å². The van der Waals surface area contributed by atoms with E-state index >= 15 is 0 Å². The van der Waals surface area contributed by atoms with Gasteiger partial charge in [0.1, 0.15) is 19.0 Å². The van der Waals surface area contributed by atoms with Gasteiger partial charge in [0, 0.05) is 24.7 Å². The second kappa shape index (κ2) is 6.00. The molecule has 4 N–H and O–H groups in total. The van der Waals surface area contributed by atoms with E-state index in [1.165, 1.54) is 0 Å². The topological polar surface area (TPSA) is 89.1 Å². The molecule has 98 valence electrons. The van der Waals surface area contributed by atoms with Gasteiger partial charge in [-0.3, -0.25) is 0 Å². The Morgan fingerprint density at radius 3 is 2.89 bits per heavy atom. The summed E-state index contributed by atoms with van der Waals surface area (Å²) in [5, 5.41) is 14.6. The number of fused-ring (bicyclic) bond motifs is 1. The Bertz CT molecular complexity index is 435. The highest BCUT2D eigenvalue weighted by molar-refractivity contribution is 5.79. The van der Waals surface area contributed by atoms with Crippen molar-refractivity contribution in [2.24, 2.45) is 10.9 Å². The molecule has 0 radical (unpaired) electrons. The van der Waals surface area contributed by atoms with E-state index in [0.717, 1.165) is 30.2 Å². The van der Waals surface area contributed by atoms with Crippen molar-refractivity contribution in [3.63, 3.8) is 0 Å². The molecule has 6 nitrogen and oxygen atoms in total. The number of hydrogen-bond donors (Lipinski definition) is 3. The van der Waals surface area contributed by atoms with Crippen LogP contribution in [-0.2, 0) is 0 Å². The summed E-state index contributed by atoms with van der Waals surface area (Å²) in [6, 6.07) is 5.75. The number of anilines is 1. The minimum Gasteiger partial charge on any atom is -0.486 e. The van der Waals surface area contributed by atoms with E-state index in [1.807, 2.05) is 18.2 Å². The van der Waals surface area contributed by atoms with Gasteiger partial charge >= 0.3 is 0 Å². The van der Waals surface area contributed by atoms with Gasteiger partial charge in [0.2, 0.25) is 0 Å². The van der Waals surface area contributed by atoms with Crippen LogP contribution < -0.4 is 20.5 Å². The fourth-order valence-corrected chi connectivity index (χ4v) is 1.71. The Hall–Kier alpha value is -2.11. The van der Waals surface area contributed by atoms with Gasteiger partial charge in [-0.05, 0) is 18.6 Å².